The van der Waals surface area contributed by atoms with Gasteiger partial charge in [-0.2, -0.15) is 0 Å². The Bertz CT molecular complexity index is 249. The average Bonchev–Trinajstić information content (AvgIpc) is 2.64. The Kier molecular flexibility index (Phi) is 4.54. The standard InChI is InChI=1S/C13H24N2O/c1-5-9-15(13(2,3)4)12(16)10-11-7-6-8-14-11/h5,11,14H,1,6-10H2,2-4H3. The first-order valence-electron chi connectivity index (χ1n) is 6.10. The molecule has 3 nitrogen and oxygen atoms in total. The average molecular weight is 224 g/mol. The van der Waals surface area contributed by atoms with Crippen molar-refractivity contribution in [1.82, 2.24) is 10.2 Å². The van der Waals surface area contributed by atoms with E-state index in [4.69, 9.17) is 0 Å². The molecule has 0 aromatic rings. The summed E-state index contributed by atoms with van der Waals surface area (Å²) in [7, 11) is 0. The molecule has 0 spiro atoms. The lowest BCUT2D eigenvalue weighted by Gasteiger charge is -2.35. The lowest BCUT2D eigenvalue weighted by molar-refractivity contribution is -0.135. The second-order valence-electron chi connectivity index (χ2n) is 5.46. The van der Waals surface area contributed by atoms with E-state index in [1.807, 2.05) is 4.90 Å². The maximum absolute atomic E-state index is 12.2. The molecule has 1 rings (SSSR count). The van der Waals surface area contributed by atoms with E-state index in [0.29, 0.717) is 19.0 Å². The van der Waals surface area contributed by atoms with Gasteiger partial charge in [0.25, 0.3) is 0 Å². The van der Waals surface area contributed by atoms with E-state index in [-0.39, 0.29) is 11.4 Å². The Labute approximate surface area is 98.9 Å². The van der Waals surface area contributed by atoms with Crippen LogP contribution in [-0.4, -0.2) is 35.5 Å². The van der Waals surface area contributed by atoms with Crippen LogP contribution in [0.25, 0.3) is 0 Å². The summed E-state index contributed by atoms with van der Waals surface area (Å²) < 4.78 is 0. The fraction of sp³-hybridized carbons (Fsp3) is 0.769. The SMILES string of the molecule is C=CCN(C(=O)CC1CCCN1)C(C)(C)C. The van der Waals surface area contributed by atoms with Crippen LogP contribution in [0.5, 0.6) is 0 Å². The van der Waals surface area contributed by atoms with Gasteiger partial charge in [0.1, 0.15) is 0 Å². The van der Waals surface area contributed by atoms with Gasteiger partial charge in [0, 0.05) is 24.5 Å². The summed E-state index contributed by atoms with van der Waals surface area (Å²) in [4.78, 5) is 14.1. The maximum atomic E-state index is 12.2. The fourth-order valence-electron chi connectivity index (χ4n) is 2.13. The van der Waals surface area contributed by atoms with Gasteiger partial charge in [-0.25, -0.2) is 0 Å². The second-order valence-corrected chi connectivity index (χ2v) is 5.46. The number of rotatable bonds is 4. The van der Waals surface area contributed by atoms with Crippen LogP contribution in [0.4, 0.5) is 0 Å². The minimum Gasteiger partial charge on any atom is -0.334 e. The lowest BCUT2D eigenvalue weighted by Crippen LogP contribution is -2.47. The Morgan fingerprint density at radius 1 is 1.56 bits per heavy atom. The smallest absolute Gasteiger partial charge is 0.224 e. The first kappa shape index (κ1) is 13.2. The van der Waals surface area contributed by atoms with E-state index in [9.17, 15) is 4.79 Å². The number of carbonyl (C=O) groups is 1. The van der Waals surface area contributed by atoms with Crippen molar-refractivity contribution in [2.45, 2.75) is 51.6 Å². The van der Waals surface area contributed by atoms with Crippen LogP contribution in [0, 0.1) is 0 Å². The van der Waals surface area contributed by atoms with Gasteiger partial charge < -0.3 is 10.2 Å². The number of nitrogens with zero attached hydrogens (tertiary/aromatic N) is 1. The van der Waals surface area contributed by atoms with Crippen LogP contribution in [-0.2, 0) is 4.79 Å². The molecule has 1 saturated heterocycles. The van der Waals surface area contributed by atoms with Crippen molar-refractivity contribution < 1.29 is 4.79 Å². The molecule has 1 aliphatic rings. The zero-order valence-corrected chi connectivity index (χ0v) is 10.8. The van der Waals surface area contributed by atoms with Gasteiger partial charge in [0.05, 0.1) is 0 Å². The van der Waals surface area contributed by atoms with Gasteiger partial charge in [0.15, 0.2) is 0 Å². The molecule has 1 unspecified atom stereocenters. The van der Waals surface area contributed by atoms with Crippen LogP contribution in [0.1, 0.15) is 40.0 Å². The van der Waals surface area contributed by atoms with Gasteiger partial charge in [-0.1, -0.05) is 6.08 Å². The van der Waals surface area contributed by atoms with Crippen molar-refractivity contribution in [3.8, 4) is 0 Å². The lowest BCUT2D eigenvalue weighted by atomic mass is 10.0. The molecule has 1 amide bonds. The molecule has 0 saturated carbocycles. The molecule has 0 aromatic carbocycles. The Morgan fingerprint density at radius 2 is 2.25 bits per heavy atom. The van der Waals surface area contributed by atoms with Crippen LogP contribution >= 0.6 is 0 Å². The highest BCUT2D eigenvalue weighted by atomic mass is 16.2. The molecule has 0 radical (unpaired) electrons. The minimum atomic E-state index is -0.121. The van der Waals surface area contributed by atoms with E-state index >= 15 is 0 Å². The highest BCUT2D eigenvalue weighted by molar-refractivity contribution is 5.77. The molecule has 1 fully saturated rings. The van der Waals surface area contributed by atoms with Gasteiger partial charge in [-0.3, -0.25) is 4.79 Å². The zero-order chi connectivity index (χ0) is 12.2. The molecule has 0 aliphatic carbocycles. The van der Waals surface area contributed by atoms with Crippen LogP contribution in [0.15, 0.2) is 12.7 Å². The second kappa shape index (κ2) is 5.48. The number of nitrogens with one attached hydrogen (secondary N) is 1. The third-order valence-electron chi connectivity index (χ3n) is 3.01. The first-order valence-corrected chi connectivity index (χ1v) is 6.10. The Hall–Kier alpha value is -0.830. The molecular formula is C13H24N2O. The first-order chi connectivity index (χ1) is 7.45. The quantitative estimate of drug-likeness (QED) is 0.740. The van der Waals surface area contributed by atoms with Crippen molar-refractivity contribution in [3.05, 3.63) is 12.7 Å². The van der Waals surface area contributed by atoms with Gasteiger partial charge in [-0.05, 0) is 40.2 Å². The van der Waals surface area contributed by atoms with Crippen LogP contribution in [0.2, 0.25) is 0 Å². The van der Waals surface area contributed by atoms with Crippen molar-refractivity contribution in [1.29, 1.82) is 0 Å². The van der Waals surface area contributed by atoms with E-state index in [1.54, 1.807) is 6.08 Å². The summed E-state index contributed by atoms with van der Waals surface area (Å²) in [6.45, 7) is 11.6. The van der Waals surface area contributed by atoms with Gasteiger partial charge in [-0.15, -0.1) is 6.58 Å². The summed E-state index contributed by atoms with van der Waals surface area (Å²) >= 11 is 0. The zero-order valence-electron chi connectivity index (χ0n) is 10.8. The van der Waals surface area contributed by atoms with Crippen molar-refractivity contribution in [2.24, 2.45) is 0 Å². The predicted octanol–water partition coefficient (Wildman–Crippen LogP) is 1.94. The largest absolute Gasteiger partial charge is 0.334 e. The third kappa shape index (κ3) is 3.63. The number of amides is 1. The number of hydrogen-bond donors (Lipinski definition) is 1. The molecule has 0 bridgehead atoms. The topological polar surface area (TPSA) is 32.3 Å². The summed E-state index contributed by atoms with van der Waals surface area (Å²) in [6.07, 6.45) is 4.73. The van der Waals surface area contributed by atoms with Gasteiger partial charge >= 0.3 is 0 Å². The predicted molar refractivity (Wildman–Crippen MR) is 67.3 cm³/mol. The van der Waals surface area contributed by atoms with E-state index < -0.39 is 0 Å². The summed E-state index contributed by atoms with van der Waals surface area (Å²) in [6, 6.07) is 0.377. The third-order valence-corrected chi connectivity index (χ3v) is 3.01. The van der Waals surface area contributed by atoms with E-state index in [0.717, 1.165) is 13.0 Å². The molecule has 1 heterocycles. The molecule has 1 aliphatic heterocycles. The summed E-state index contributed by atoms with van der Waals surface area (Å²) in [5.74, 6) is 0.229. The van der Waals surface area contributed by atoms with Crippen LogP contribution < -0.4 is 5.32 Å². The fourth-order valence-corrected chi connectivity index (χ4v) is 2.13. The highest BCUT2D eigenvalue weighted by Crippen LogP contribution is 2.17. The van der Waals surface area contributed by atoms with Gasteiger partial charge in [0.2, 0.25) is 5.91 Å². The molecule has 92 valence electrons. The molecule has 3 heteroatoms. The Morgan fingerprint density at radius 3 is 2.69 bits per heavy atom. The molecule has 16 heavy (non-hydrogen) atoms. The normalized spacial score (nSPS) is 20.8. The number of hydrogen-bond acceptors (Lipinski definition) is 2. The molecular weight excluding hydrogens is 200 g/mol. The Balaban J connectivity index is 2.56. The number of carbonyl (C=O) groups excluding carboxylic acids is 1. The monoisotopic (exact) mass is 224 g/mol. The summed E-state index contributed by atoms with van der Waals surface area (Å²) in [5.41, 5.74) is -0.121. The molecule has 1 atom stereocenters. The van der Waals surface area contributed by atoms with Crippen molar-refractivity contribution >= 4 is 5.91 Å². The van der Waals surface area contributed by atoms with E-state index in [1.165, 1.54) is 6.42 Å². The molecule has 1 N–H and O–H groups in total. The van der Waals surface area contributed by atoms with Crippen molar-refractivity contribution in [3.63, 3.8) is 0 Å². The maximum Gasteiger partial charge on any atom is 0.224 e. The van der Waals surface area contributed by atoms with E-state index in [2.05, 4.69) is 32.7 Å². The minimum absolute atomic E-state index is 0.121. The summed E-state index contributed by atoms with van der Waals surface area (Å²) in [5, 5.41) is 3.36. The highest BCUT2D eigenvalue weighted by Gasteiger charge is 2.27. The van der Waals surface area contributed by atoms with Crippen LogP contribution in [0.3, 0.4) is 0 Å². The molecule has 0 aromatic heterocycles. The van der Waals surface area contributed by atoms with Crippen molar-refractivity contribution in [2.75, 3.05) is 13.1 Å².